The molecule has 35 heavy (non-hydrogen) atoms. The van der Waals surface area contributed by atoms with Crippen LogP contribution in [0.1, 0.15) is 33.4 Å². The van der Waals surface area contributed by atoms with E-state index in [1.165, 1.54) is 6.08 Å². The van der Waals surface area contributed by atoms with Gasteiger partial charge in [-0.25, -0.2) is 0 Å². The molecule has 1 heterocycles. The molecule has 0 aliphatic carbocycles. The van der Waals surface area contributed by atoms with Crippen molar-refractivity contribution < 1.29 is 15.4 Å². The average molecular weight is 489 g/mol. The molecule has 0 aliphatic heterocycles. The second kappa shape index (κ2) is 10.3. The van der Waals surface area contributed by atoms with Gasteiger partial charge in [0.2, 0.25) is 5.91 Å². The van der Waals surface area contributed by atoms with Crippen LogP contribution in [0.4, 0.5) is 5.69 Å². The number of nitrogens with zero attached hydrogens (tertiary/aromatic N) is 1. The topological polar surface area (TPSA) is 93.7 Å². The van der Waals surface area contributed by atoms with Gasteiger partial charge in [0.05, 0.1) is 17.4 Å². The Morgan fingerprint density at radius 3 is 2.43 bits per heavy atom. The Hall–Kier alpha value is -3.67. The number of carbonyl (C=O) groups excluding carboxylic acids is 1. The van der Waals surface area contributed by atoms with E-state index in [1.807, 2.05) is 65.0 Å². The third-order valence-corrected chi connectivity index (χ3v) is 6.55. The van der Waals surface area contributed by atoms with Gasteiger partial charge in [0.1, 0.15) is 5.75 Å². The van der Waals surface area contributed by atoms with Crippen molar-refractivity contribution in [2.24, 2.45) is 0 Å². The maximum Gasteiger partial charge on any atom is 0.248 e. The Labute approximate surface area is 210 Å². The van der Waals surface area contributed by atoms with E-state index >= 15 is 0 Å². The molecule has 180 valence electrons. The number of amides is 1. The first-order chi connectivity index (χ1) is 16.2. The van der Waals surface area contributed by atoms with Crippen molar-refractivity contribution >= 4 is 40.2 Å². The molecule has 5 nitrogen and oxygen atoms in total. The molecule has 0 radical (unpaired) electrons. The number of carbonyl (C=O) groups is 1. The Morgan fingerprint density at radius 1 is 1.00 bits per heavy atom. The van der Waals surface area contributed by atoms with Gasteiger partial charge in [0.15, 0.2) is 0 Å². The molecule has 4 rings (SSSR count). The van der Waals surface area contributed by atoms with Gasteiger partial charge in [-0.3, -0.25) is 9.78 Å². The minimum Gasteiger partial charge on any atom is -0.507 e. The van der Waals surface area contributed by atoms with Gasteiger partial charge in [-0.15, -0.1) is 0 Å². The number of phenolic OH excluding ortho intramolecular Hbond substituents is 1. The summed E-state index contributed by atoms with van der Waals surface area (Å²) >= 11 is 6.58. The van der Waals surface area contributed by atoms with Gasteiger partial charge >= 0.3 is 0 Å². The zero-order valence-corrected chi connectivity index (χ0v) is 21.2. The summed E-state index contributed by atoms with van der Waals surface area (Å²) in [6.07, 6.45) is 4.96. The quantitative estimate of drug-likeness (QED) is 0.315. The summed E-state index contributed by atoms with van der Waals surface area (Å²) in [5, 5.41) is 14.7. The molecule has 0 bridgehead atoms. The van der Waals surface area contributed by atoms with Crippen LogP contribution in [-0.4, -0.2) is 21.5 Å². The second-order valence-electron chi connectivity index (χ2n) is 8.71. The molecule has 0 saturated heterocycles. The van der Waals surface area contributed by atoms with Gasteiger partial charge in [0, 0.05) is 27.6 Å². The van der Waals surface area contributed by atoms with Crippen LogP contribution in [0, 0.1) is 34.6 Å². The molecule has 4 aromatic rings. The first-order valence-corrected chi connectivity index (χ1v) is 11.5. The molecule has 0 unspecified atom stereocenters. The SMILES string of the molecule is Cc1cc(C)c2ncc(NC(=O)C=Cc3cc(C)c(O)c(C)c3C)c(-c3ccccc3Cl)c2c1.O. The number of phenols is 1. The lowest BCUT2D eigenvalue weighted by Crippen LogP contribution is -2.10. The number of anilines is 1. The molecule has 3 aromatic carbocycles. The summed E-state index contributed by atoms with van der Waals surface area (Å²) in [6, 6.07) is 13.7. The second-order valence-corrected chi connectivity index (χ2v) is 9.12. The van der Waals surface area contributed by atoms with Crippen LogP contribution < -0.4 is 5.32 Å². The molecule has 1 amide bonds. The van der Waals surface area contributed by atoms with Crippen molar-refractivity contribution in [2.45, 2.75) is 34.6 Å². The number of hydrogen-bond donors (Lipinski definition) is 2. The highest BCUT2D eigenvalue weighted by Crippen LogP contribution is 2.39. The summed E-state index contributed by atoms with van der Waals surface area (Å²) in [6.45, 7) is 9.72. The first-order valence-electron chi connectivity index (χ1n) is 11.1. The van der Waals surface area contributed by atoms with E-state index in [0.29, 0.717) is 10.7 Å². The van der Waals surface area contributed by atoms with E-state index in [2.05, 4.69) is 22.4 Å². The third kappa shape index (κ3) is 5.06. The molecular weight excluding hydrogens is 460 g/mol. The molecule has 1 aromatic heterocycles. The Bertz CT molecular complexity index is 1480. The van der Waals surface area contributed by atoms with E-state index in [9.17, 15) is 9.90 Å². The van der Waals surface area contributed by atoms with Crippen LogP contribution in [0.2, 0.25) is 5.02 Å². The molecule has 0 fully saturated rings. The Kier molecular flexibility index (Phi) is 7.64. The van der Waals surface area contributed by atoms with E-state index < -0.39 is 0 Å². The Morgan fingerprint density at radius 2 is 1.71 bits per heavy atom. The molecule has 6 heteroatoms. The molecule has 4 N–H and O–H groups in total. The smallest absolute Gasteiger partial charge is 0.248 e. The molecule has 0 atom stereocenters. The lowest BCUT2D eigenvalue weighted by atomic mass is 9.96. The zero-order chi connectivity index (χ0) is 24.6. The van der Waals surface area contributed by atoms with Crippen molar-refractivity contribution in [3.63, 3.8) is 0 Å². The van der Waals surface area contributed by atoms with Gasteiger partial charge in [-0.2, -0.15) is 0 Å². The third-order valence-electron chi connectivity index (χ3n) is 6.22. The van der Waals surface area contributed by atoms with E-state index in [4.69, 9.17) is 11.6 Å². The summed E-state index contributed by atoms with van der Waals surface area (Å²) in [5.74, 6) is 0.0120. The number of aryl methyl sites for hydroxylation is 3. The van der Waals surface area contributed by atoms with Gasteiger partial charge in [-0.1, -0.05) is 41.4 Å². The fraction of sp³-hybridized carbons (Fsp3) is 0.172. The minimum absolute atomic E-state index is 0. The highest BCUT2D eigenvalue weighted by atomic mass is 35.5. The predicted molar refractivity (Wildman–Crippen MR) is 145 cm³/mol. The lowest BCUT2D eigenvalue weighted by Gasteiger charge is -2.16. The van der Waals surface area contributed by atoms with E-state index in [-0.39, 0.29) is 17.1 Å². The van der Waals surface area contributed by atoms with Crippen LogP contribution in [0.15, 0.2) is 54.7 Å². The van der Waals surface area contributed by atoms with Crippen LogP contribution in [0.25, 0.3) is 28.1 Å². The molecule has 0 aliphatic rings. The number of rotatable bonds is 4. The van der Waals surface area contributed by atoms with Gasteiger partial charge in [0.25, 0.3) is 0 Å². The van der Waals surface area contributed by atoms with Crippen molar-refractivity contribution in [1.82, 2.24) is 4.98 Å². The monoisotopic (exact) mass is 488 g/mol. The molecular formula is C29H29ClN2O3. The first kappa shape index (κ1) is 25.9. The van der Waals surface area contributed by atoms with Crippen molar-refractivity contribution in [1.29, 1.82) is 0 Å². The predicted octanol–water partition coefficient (Wildman–Crippen LogP) is 6.63. The number of aromatic nitrogens is 1. The van der Waals surface area contributed by atoms with Crippen molar-refractivity contribution in [2.75, 3.05) is 5.32 Å². The van der Waals surface area contributed by atoms with Gasteiger partial charge in [-0.05, 0) is 86.7 Å². The number of pyridine rings is 1. The number of nitrogens with one attached hydrogen (secondary N) is 1. The van der Waals surface area contributed by atoms with E-state index in [1.54, 1.807) is 12.3 Å². The maximum atomic E-state index is 13.0. The number of aromatic hydroxyl groups is 1. The minimum atomic E-state index is -0.276. The normalized spacial score (nSPS) is 11.0. The number of benzene rings is 3. The Balaban J connectivity index is 0.00000342. The summed E-state index contributed by atoms with van der Waals surface area (Å²) in [7, 11) is 0. The summed E-state index contributed by atoms with van der Waals surface area (Å²) < 4.78 is 0. The molecule has 0 spiro atoms. The van der Waals surface area contributed by atoms with Crippen LogP contribution in [0.5, 0.6) is 5.75 Å². The van der Waals surface area contributed by atoms with Crippen LogP contribution in [-0.2, 0) is 4.79 Å². The summed E-state index contributed by atoms with van der Waals surface area (Å²) in [4.78, 5) is 17.6. The fourth-order valence-corrected chi connectivity index (χ4v) is 4.55. The number of hydrogen-bond acceptors (Lipinski definition) is 3. The number of fused-ring (bicyclic) bond motifs is 1. The highest BCUT2D eigenvalue weighted by molar-refractivity contribution is 6.34. The maximum absolute atomic E-state index is 13.0. The van der Waals surface area contributed by atoms with Crippen molar-refractivity contribution in [3.05, 3.63) is 93.1 Å². The van der Waals surface area contributed by atoms with E-state index in [0.717, 1.165) is 55.4 Å². The average Bonchev–Trinajstić information content (AvgIpc) is 2.79. The molecule has 0 saturated carbocycles. The van der Waals surface area contributed by atoms with Gasteiger partial charge < -0.3 is 15.9 Å². The fourth-order valence-electron chi connectivity index (χ4n) is 4.32. The highest BCUT2D eigenvalue weighted by Gasteiger charge is 2.16. The standard InChI is InChI=1S/C29H27ClN2O2.H2O/c1-16-12-17(2)28-23(13-16)27(22-8-6-7-9-24(22)30)25(15-31-28)32-26(33)11-10-21-14-18(3)29(34)20(5)19(21)4;/h6-15,34H,1-5H3,(H,32,33);1H2. The van der Waals surface area contributed by atoms with Crippen molar-refractivity contribution in [3.8, 4) is 16.9 Å². The zero-order valence-electron chi connectivity index (χ0n) is 20.5. The van der Waals surface area contributed by atoms with Crippen LogP contribution >= 0.6 is 11.6 Å². The lowest BCUT2D eigenvalue weighted by molar-refractivity contribution is -0.111. The van der Waals surface area contributed by atoms with Crippen LogP contribution in [0.3, 0.4) is 0 Å². The summed E-state index contributed by atoms with van der Waals surface area (Å²) in [5.41, 5.74) is 8.72. The largest absolute Gasteiger partial charge is 0.507 e. The number of halogens is 1.